The Morgan fingerprint density at radius 1 is 1.64 bits per heavy atom. The Morgan fingerprint density at radius 2 is 2.36 bits per heavy atom. The van der Waals surface area contributed by atoms with Crippen molar-refractivity contribution in [3.05, 3.63) is 11.6 Å². The molecule has 0 aliphatic heterocycles. The molecule has 0 fully saturated rings. The summed E-state index contributed by atoms with van der Waals surface area (Å²) in [5, 5.41) is 10.9. The Labute approximate surface area is 83.0 Å². The summed E-state index contributed by atoms with van der Waals surface area (Å²) in [7, 11) is 0. The normalized spacial score (nSPS) is 18.6. The van der Waals surface area contributed by atoms with Gasteiger partial charge in [-0.2, -0.15) is 0 Å². The molecule has 78 valence electrons. The number of rotatable bonds is 3. The van der Waals surface area contributed by atoms with E-state index in [1.807, 2.05) is 13.0 Å². The minimum atomic E-state index is -0.995. The van der Waals surface area contributed by atoms with Crippen molar-refractivity contribution in [1.82, 2.24) is 5.32 Å². The molecule has 0 aromatic heterocycles. The van der Waals surface area contributed by atoms with Crippen LogP contribution in [0, 0.1) is 0 Å². The van der Waals surface area contributed by atoms with Crippen LogP contribution >= 0.6 is 0 Å². The first kappa shape index (κ1) is 10.8. The van der Waals surface area contributed by atoms with E-state index in [4.69, 9.17) is 5.11 Å². The summed E-state index contributed by atoms with van der Waals surface area (Å²) in [6.45, 7) is 1.82. The summed E-state index contributed by atoms with van der Waals surface area (Å²) < 4.78 is 0. The second kappa shape index (κ2) is 4.79. The highest BCUT2D eigenvalue weighted by atomic mass is 16.4. The zero-order valence-electron chi connectivity index (χ0n) is 8.25. The molecule has 14 heavy (non-hydrogen) atoms. The molecule has 1 rings (SSSR count). The van der Waals surface area contributed by atoms with E-state index in [9.17, 15) is 9.59 Å². The van der Waals surface area contributed by atoms with Gasteiger partial charge in [-0.3, -0.25) is 4.79 Å². The molecule has 0 bridgehead atoms. The van der Waals surface area contributed by atoms with Crippen molar-refractivity contribution in [1.29, 1.82) is 0 Å². The lowest BCUT2D eigenvalue weighted by molar-refractivity contribution is -0.118. The zero-order chi connectivity index (χ0) is 10.6. The van der Waals surface area contributed by atoms with Crippen molar-refractivity contribution in [2.75, 3.05) is 0 Å². The molecule has 4 nitrogen and oxygen atoms in total. The minimum Gasteiger partial charge on any atom is -0.465 e. The van der Waals surface area contributed by atoms with Crippen molar-refractivity contribution in [3.63, 3.8) is 0 Å². The third-order valence-corrected chi connectivity index (χ3v) is 2.28. The van der Waals surface area contributed by atoms with Crippen molar-refractivity contribution < 1.29 is 14.7 Å². The quantitative estimate of drug-likeness (QED) is 0.677. The third-order valence-electron chi connectivity index (χ3n) is 2.28. The fourth-order valence-electron chi connectivity index (χ4n) is 1.60. The molecule has 1 unspecified atom stereocenters. The molecular formula is C10H15NO3. The maximum absolute atomic E-state index is 10.9. The predicted molar refractivity (Wildman–Crippen MR) is 52.2 cm³/mol. The third kappa shape index (κ3) is 3.60. The molecule has 1 aliphatic rings. The Kier molecular flexibility index (Phi) is 3.68. The first-order valence-electron chi connectivity index (χ1n) is 4.77. The van der Waals surface area contributed by atoms with Gasteiger partial charge in [0.05, 0.1) is 0 Å². The van der Waals surface area contributed by atoms with E-state index >= 15 is 0 Å². The lowest BCUT2D eigenvalue weighted by Gasteiger charge is -2.16. The highest BCUT2D eigenvalue weighted by Gasteiger charge is 2.13. The van der Waals surface area contributed by atoms with E-state index in [-0.39, 0.29) is 11.8 Å². The molecule has 1 amide bonds. The topological polar surface area (TPSA) is 66.4 Å². The molecule has 1 aliphatic carbocycles. The molecule has 4 heteroatoms. The first-order chi connectivity index (χ1) is 6.58. The van der Waals surface area contributed by atoms with Crippen molar-refractivity contribution in [3.8, 4) is 0 Å². The number of carbonyl (C=O) groups is 2. The standard InChI is InChI=1S/C10H15NO3/c1-7(11-10(13)14)6-8-2-4-9(12)5-3-8/h2,7,11H,3-6H2,1H3,(H,13,14). The van der Waals surface area contributed by atoms with Gasteiger partial charge < -0.3 is 10.4 Å². The monoisotopic (exact) mass is 197 g/mol. The molecule has 0 saturated heterocycles. The highest BCUT2D eigenvalue weighted by Crippen LogP contribution is 2.19. The van der Waals surface area contributed by atoms with Crippen LogP contribution < -0.4 is 5.32 Å². The van der Waals surface area contributed by atoms with E-state index in [1.165, 1.54) is 5.57 Å². The lowest BCUT2D eigenvalue weighted by atomic mass is 9.94. The average Bonchev–Trinajstić information content (AvgIpc) is 2.07. The van der Waals surface area contributed by atoms with Crippen LogP contribution in [0.4, 0.5) is 4.79 Å². The smallest absolute Gasteiger partial charge is 0.404 e. The molecule has 0 saturated carbocycles. The van der Waals surface area contributed by atoms with Gasteiger partial charge in [-0.1, -0.05) is 11.6 Å². The van der Waals surface area contributed by atoms with E-state index in [0.717, 1.165) is 6.42 Å². The summed E-state index contributed by atoms with van der Waals surface area (Å²) in [5.74, 6) is 0.271. The number of carbonyl (C=O) groups excluding carboxylic acids is 1. The molecular weight excluding hydrogens is 182 g/mol. The number of nitrogens with one attached hydrogen (secondary N) is 1. The van der Waals surface area contributed by atoms with Gasteiger partial charge in [0.1, 0.15) is 5.78 Å². The molecule has 0 aromatic carbocycles. The van der Waals surface area contributed by atoms with Crippen LogP contribution in [-0.2, 0) is 4.79 Å². The Balaban J connectivity index is 2.37. The first-order valence-corrected chi connectivity index (χ1v) is 4.77. The summed E-state index contributed by atoms with van der Waals surface area (Å²) in [6, 6.07) is -0.0769. The number of allylic oxidation sites excluding steroid dienone is 1. The molecule has 2 N–H and O–H groups in total. The van der Waals surface area contributed by atoms with Gasteiger partial charge in [-0.25, -0.2) is 4.79 Å². The van der Waals surface area contributed by atoms with Gasteiger partial charge in [0.15, 0.2) is 0 Å². The SMILES string of the molecule is CC(CC1=CCC(=O)CC1)NC(=O)O. The Bertz CT molecular complexity index is 271. The van der Waals surface area contributed by atoms with Crippen LogP contribution in [0.25, 0.3) is 0 Å². The van der Waals surface area contributed by atoms with Crippen LogP contribution in [-0.4, -0.2) is 23.0 Å². The van der Waals surface area contributed by atoms with Gasteiger partial charge in [0.25, 0.3) is 0 Å². The maximum Gasteiger partial charge on any atom is 0.404 e. The summed E-state index contributed by atoms with van der Waals surface area (Å²) >= 11 is 0. The van der Waals surface area contributed by atoms with Gasteiger partial charge in [-0.15, -0.1) is 0 Å². The van der Waals surface area contributed by atoms with E-state index in [0.29, 0.717) is 19.3 Å². The second-order valence-electron chi connectivity index (χ2n) is 3.66. The molecule has 1 atom stereocenters. The van der Waals surface area contributed by atoms with Crippen LogP contribution in [0.15, 0.2) is 11.6 Å². The number of ketones is 1. The summed E-state index contributed by atoms with van der Waals surface area (Å²) in [6.07, 6.45) is 3.53. The molecule has 0 spiro atoms. The zero-order valence-corrected chi connectivity index (χ0v) is 8.25. The van der Waals surface area contributed by atoms with E-state index in [1.54, 1.807) is 0 Å². The fraction of sp³-hybridized carbons (Fsp3) is 0.600. The fourth-order valence-corrected chi connectivity index (χ4v) is 1.60. The molecule has 0 heterocycles. The van der Waals surface area contributed by atoms with Crippen LogP contribution in [0.1, 0.15) is 32.6 Å². The molecule has 0 radical (unpaired) electrons. The Hall–Kier alpha value is -1.32. The average molecular weight is 197 g/mol. The van der Waals surface area contributed by atoms with Crippen LogP contribution in [0.3, 0.4) is 0 Å². The maximum atomic E-state index is 10.9. The van der Waals surface area contributed by atoms with Crippen molar-refractivity contribution >= 4 is 11.9 Å². The highest BCUT2D eigenvalue weighted by molar-refractivity contribution is 5.81. The van der Waals surface area contributed by atoms with Gasteiger partial charge >= 0.3 is 6.09 Å². The largest absolute Gasteiger partial charge is 0.465 e. The molecule has 0 aromatic rings. The van der Waals surface area contributed by atoms with Crippen LogP contribution in [0.2, 0.25) is 0 Å². The van der Waals surface area contributed by atoms with Gasteiger partial charge in [-0.05, 0) is 19.8 Å². The van der Waals surface area contributed by atoms with Gasteiger partial charge in [0.2, 0.25) is 0 Å². The van der Waals surface area contributed by atoms with Crippen molar-refractivity contribution in [2.45, 2.75) is 38.6 Å². The van der Waals surface area contributed by atoms with Gasteiger partial charge in [0, 0.05) is 18.9 Å². The lowest BCUT2D eigenvalue weighted by Crippen LogP contribution is -2.31. The number of Topliss-reactive ketones (excluding diaryl/α,β-unsaturated/α-hetero) is 1. The predicted octanol–water partition coefficient (Wildman–Crippen LogP) is 1.71. The number of hydrogen-bond acceptors (Lipinski definition) is 2. The van der Waals surface area contributed by atoms with Crippen molar-refractivity contribution in [2.24, 2.45) is 0 Å². The summed E-state index contributed by atoms with van der Waals surface area (Å²) in [4.78, 5) is 21.2. The summed E-state index contributed by atoms with van der Waals surface area (Å²) in [5.41, 5.74) is 1.19. The van der Waals surface area contributed by atoms with Crippen LogP contribution in [0.5, 0.6) is 0 Å². The second-order valence-corrected chi connectivity index (χ2v) is 3.66. The van der Waals surface area contributed by atoms with E-state index < -0.39 is 6.09 Å². The number of hydrogen-bond donors (Lipinski definition) is 2. The minimum absolute atomic E-state index is 0.0769. The number of amides is 1. The Morgan fingerprint density at radius 3 is 2.86 bits per heavy atom. The van der Waals surface area contributed by atoms with E-state index in [2.05, 4.69) is 5.32 Å². The number of carboxylic acid groups (broad SMARTS) is 1.